The fourth-order valence-corrected chi connectivity index (χ4v) is 2.22. The Kier molecular flexibility index (Phi) is 2.67. The number of rotatable bonds is 3. The first-order valence-corrected chi connectivity index (χ1v) is 5.03. The Bertz CT molecular complexity index is 292. The third-order valence-electron chi connectivity index (χ3n) is 3.07. The van der Waals surface area contributed by atoms with Gasteiger partial charge in [-0.15, -0.1) is 0 Å². The van der Waals surface area contributed by atoms with Crippen molar-refractivity contribution >= 4 is 12.0 Å². The standard InChI is InChI=1S/C10H18N2O3/c1-9(2,3)10(7(11)13,6-4-5-6)12-8(14)15/h6,12H,4-5H2,1-3H3,(H2,11,13)(H,14,15). The molecule has 2 amide bonds. The molecule has 0 aromatic carbocycles. The van der Waals surface area contributed by atoms with Crippen LogP contribution in [0.2, 0.25) is 0 Å². The Labute approximate surface area is 89.0 Å². The third-order valence-corrected chi connectivity index (χ3v) is 3.07. The number of carbonyl (C=O) groups is 2. The van der Waals surface area contributed by atoms with Crippen molar-refractivity contribution in [2.75, 3.05) is 0 Å². The number of nitrogens with one attached hydrogen (secondary N) is 1. The smallest absolute Gasteiger partial charge is 0.405 e. The first-order chi connectivity index (χ1) is 6.72. The summed E-state index contributed by atoms with van der Waals surface area (Å²) in [4.78, 5) is 22.4. The van der Waals surface area contributed by atoms with Crippen LogP contribution in [0.25, 0.3) is 0 Å². The van der Waals surface area contributed by atoms with Gasteiger partial charge >= 0.3 is 6.09 Å². The van der Waals surface area contributed by atoms with Crippen LogP contribution in [0, 0.1) is 11.3 Å². The van der Waals surface area contributed by atoms with Crippen LogP contribution in [0.4, 0.5) is 4.79 Å². The van der Waals surface area contributed by atoms with E-state index >= 15 is 0 Å². The molecule has 0 aromatic rings. The number of nitrogens with two attached hydrogens (primary N) is 1. The lowest BCUT2D eigenvalue weighted by atomic mass is 9.69. The van der Waals surface area contributed by atoms with E-state index in [2.05, 4.69) is 5.32 Å². The number of hydrogen-bond donors (Lipinski definition) is 3. The number of carbonyl (C=O) groups excluding carboxylic acids is 1. The Balaban J connectivity index is 3.11. The van der Waals surface area contributed by atoms with Gasteiger partial charge in [-0.05, 0) is 24.2 Å². The van der Waals surface area contributed by atoms with E-state index in [0.717, 1.165) is 12.8 Å². The number of hydrogen-bond acceptors (Lipinski definition) is 2. The number of amides is 2. The average Bonchev–Trinajstić information content (AvgIpc) is 2.78. The molecule has 15 heavy (non-hydrogen) atoms. The maximum absolute atomic E-state index is 11.6. The molecule has 1 aliphatic carbocycles. The summed E-state index contributed by atoms with van der Waals surface area (Å²) in [7, 11) is 0. The molecule has 5 heteroatoms. The summed E-state index contributed by atoms with van der Waals surface area (Å²) in [5.41, 5.74) is 3.73. The molecule has 0 radical (unpaired) electrons. The lowest BCUT2D eigenvalue weighted by Crippen LogP contribution is -2.66. The van der Waals surface area contributed by atoms with Crippen LogP contribution in [0.3, 0.4) is 0 Å². The Morgan fingerprint density at radius 2 is 1.80 bits per heavy atom. The van der Waals surface area contributed by atoms with E-state index < -0.39 is 23.0 Å². The van der Waals surface area contributed by atoms with Crippen LogP contribution in [0.5, 0.6) is 0 Å². The average molecular weight is 214 g/mol. The third kappa shape index (κ3) is 1.91. The zero-order valence-corrected chi connectivity index (χ0v) is 9.33. The van der Waals surface area contributed by atoms with E-state index in [1.165, 1.54) is 0 Å². The van der Waals surface area contributed by atoms with Crippen molar-refractivity contribution in [3.63, 3.8) is 0 Å². The maximum Gasteiger partial charge on any atom is 0.405 e. The summed E-state index contributed by atoms with van der Waals surface area (Å²) in [6.07, 6.45) is 0.497. The van der Waals surface area contributed by atoms with Crippen LogP contribution < -0.4 is 11.1 Å². The lowest BCUT2D eigenvalue weighted by Gasteiger charge is -2.42. The van der Waals surface area contributed by atoms with Crippen LogP contribution in [0.1, 0.15) is 33.6 Å². The summed E-state index contributed by atoms with van der Waals surface area (Å²) in [5, 5.41) is 11.2. The first kappa shape index (κ1) is 11.8. The topological polar surface area (TPSA) is 92.4 Å². The summed E-state index contributed by atoms with van der Waals surface area (Å²) in [5.74, 6) is -0.550. The SMILES string of the molecule is CC(C)(C)C(NC(=O)O)(C(N)=O)C1CC1. The van der Waals surface area contributed by atoms with Gasteiger partial charge in [0.05, 0.1) is 0 Å². The normalized spacial score (nSPS) is 20.5. The van der Waals surface area contributed by atoms with Crippen LogP contribution >= 0.6 is 0 Å². The zero-order chi connectivity index (χ0) is 11.9. The molecule has 5 nitrogen and oxygen atoms in total. The van der Waals surface area contributed by atoms with Gasteiger partial charge in [0.1, 0.15) is 5.54 Å². The molecule has 0 bridgehead atoms. The molecule has 1 fully saturated rings. The second-order valence-corrected chi connectivity index (χ2v) is 5.13. The highest BCUT2D eigenvalue weighted by Gasteiger charge is 2.58. The first-order valence-electron chi connectivity index (χ1n) is 5.03. The van der Waals surface area contributed by atoms with Crippen molar-refractivity contribution in [1.82, 2.24) is 5.32 Å². The van der Waals surface area contributed by atoms with E-state index in [0.29, 0.717) is 0 Å². The predicted octanol–water partition coefficient (Wildman–Crippen LogP) is 0.934. The molecule has 0 heterocycles. The lowest BCUT2D eigenvalue weighted by molar-refractivity contribution is -0.129. The van der Waals surface area contributed by atoms with E-state index in [-0.39, 0.29) is 5.92 Å². The Morgan fingerprint density at radius 3 is 2.00 bits per heavy atom. The van der Waals surface area contributed by atoms with Gasteiger partial charge in [-0.1, -0.05) is 20.8 Å². The van der Waals surface area contributed by atoms with Gasteiger partial charge < -0.3 is 16.2 Å². The molecule has 0 spiro atoms. The highest BCUT2D eigenvalue weighted by molar-refractivity contribution is 5.90. The minimum absolute atomic E-state index is 0.0334. The molecule has 1 rings (SSSR count). The van der Waals surface area contributed by atoms with Crippen molar-refractivity contribution in [1.29, 1.82) is 0 Å². The van der Waals surface area contributed by atoms with Crippen LogP contribution in [0.15, 0.2) is 0 Å². The largest absolute Gasteiger partial charge is 0.465 e. The summed E-state index contributed by atoms with van der Waals surface area (Å²) < 4.78 is 0. The molecule has 1 unspecified atom stereocenters. The van der Waals surface area contributed by atoms with Gasteiger partial charge in [-0.25, -0.2) is 4.79 Å². The zero-order valence-electron chi connectivity index (χ0n) is 9.33. The van der Waals surface area contributed by atoms with Gasteiger partial charge in [-0.2, -0.15) is 0 Å². The van der Waals surface area contributed by atoms with Crippen molar-refractivity contribution < 1.29 is 14.7 Å². The predicted molar refractivity (Wildman–Crippen MR) is 55.3 cm³/mol. The van der Waals surface area contributed by atoms with Gasteiger partial charge in [0.2, 0.25) is 5.91 Å². The Hall–Kier alpha value is -1.26. The highest BCUT2D eigenvalue weighted by atomic mass is 16.4. The van der Waals surface area contributed by atoms with Crippen molar-refractivity contribution in [2.45, 2.75) is 39.2 Å². The fraction of sp³-hybridized carbons (Fsp3) is 0.800. The fourth-order valence-electron chi connectivity index (χ4n) is 2.22. The molecular weight excluding hydrogens is 196 g/mol. The van der Waals surface area contributed by atoms with Crippen LogP contribution in [-0.4, -0.2) is 22.6 Å². The van der Waals surface area contributed by atoms with Crippen molar-refractivity contribution in [3.8, 4) is 0 Å². The molecule has 0 aromatic heterocycles. The van der Waals surface area contributed by atoms with Crippen molar-refractivity contribution in [3.05, 3.63) is 0 Å². The van der Waals surface area contributed by atoms with Gasteiger partial charge in [-0.3, -0.25) is 4.79 Å². The highest BCUT2D eigenvalue weighted by Crippen LogP contribution is 2.48. The minimum Gasteiger partial charge on any atom is -0.465 e. The molecule has 86 valence electrons. The quantitative estimate of drug-likeness (QED) is 0.652. The maximum atomic E-state index is 11.6. The molecule has 1 atom stereocenters. The summed E-state index contributed by atoms with van der Waals surface area (Å²) in [6.45, 7) is 5.48. The Morgan fingerprint density at radius 1 is 1.33 bits per heavy atom. The summed E-state index contributed by atoms with van der Waals surface area (Å²) in [6, 6.07) is 0. The second kappa shape index (κ2) is 3.40. The molecule has 1 saturated carbocycles. The monoisotopic (exact) mass is 214 g/mol. The van der Waals surface area contributed by atoms with E-state index in [1.807, 2.05) is 20.8 Å². The van der Waals surface area contributed by atoms with Gasteiger partial charge in [0.15, 0.2) is 0 Å². The number of carboxylic acid groups (broad SMARTS) is 1. The van der Waals surface area contributed by atoms with Crippen LogP contribution in [-0.2, 0) is 4.79 Å². The molecule has 4 N–H and O–H groups in total. The summed E-state index contributed by atoms with van der Waals surface area (Å²) >= 11 is 0. The molecule has 0 saturated heterocycles. The minimum atomic E-state index is -1.20. The number of primary amides is 1. The molecule has 1 aliphatic rings. The van der Waals surface area contributed by atoms with Crippen molar-refractivity contribution in [2.24, 2.45) is 17.1 Å². The van der Waals surface area contributed by atoms with Gasteiger partial charge in [0, 0.05) is 0 Å². The van der Waals surface area contributed by atoms with E-state index in [9.17, 15) is 9.59 Å². The van der Waals surface area contributed by atoms with E-state index in [4.69, 9.17) is 10.8 Å². The molecular formula is C10H18N2O3. The second-order valence-electron chi connectivity index (χ2n) is 5.13. The van der Waals surface area contributed by atoms with Gasteiger partial charge in [0.25, 0.3) is 0 Å². The molecule has 0 aliphatic heterocycles. The van der Waals surface area contributed by atoms with E-state index in [1.54, 1.807) is 0 Å².